The summed E-state index contributed by atoms with van der Waals surface area (Å²) in [5, 5.41) is 0. The minimum absolute atomic E-state index is 0.0730. The van der Waals surface area contributed by atoms with Crippen LogP contribution in [0.15, 0.2) is 61.2 Å². The molecule has 0 bridgehead atoms. The van der Waals surface area contributed by atoms with E-state index in [0.717, 1.165) is 35.6 Å². The quantitative estimate of drug-likeness (QED) is 0.688. The third-order valence-corrected chi connectivity index (χ3v) is 4.23. The summed E-state index contributed by atoms with van der Waals surface area (Å²) in [5.41, 5.74) is 4.34. The number of hydrogen-bond donors (Lipinski definition) is 0. The van der Waals surface area contributed by atoms with E-state index in [1.807, 2.05) is 37.3 Å². The number of anilines is 2. The molecule has 0 spiro atoms. The van der Waals surface area contributed by atoms with E-state index >= 15 is 0 Å². The van der Waals surface area contributed by atoms with Crippen LogP contribution >= 0.6 is 0 Å². The molecule has 0 aliphatic heterocycles. The Morgan fingerprint density at radius 3 is 2.17 bits per heavy atom. The minimum Gasteiger partial charge on any atom is -0.370 e. The molecule has 0 N–H and O–H groups in total. The summed E-state index contributed by atoms with van der Waals surface area (Å²) < 4.78 is 0. The molecule has 0 unspecified atom stereocenters. The average Bonchev–Trinajstić information content (AvgIpc) is 2.64. The first kappa shape index (κ1) is 17.8. The molecule has 3 heteroatoms. The summed E-state index contributed by atoms with van der Waals surface area (Å²) in [4.78, 5) is 16.4. The molecule has 126 valence electrons. The third-order valence-electron chi connectivity index (χ3n) is 4.23. The molecule has 3 nitrogen and oxygen atoms in total. The van der Waals surface area contributed by atoms with Crippen LogP contribution in [-0.2, 0) is 4.79 Å². The predicted molar refractivity (Wildman–Crippen MR) is 104 cm³/mol. The molecule has 24 heavy (non-hydrogen) atoms. The summed E-state index contributed by atoms with van der Waals surface area (Å²) >= 11 is 0. The van der Waals surface area contributed by atoms with E-state index in [-0.39, 0.29) is 5.91 Å². The fraction of sp³-hybridized carbons (Fsp3) is 0.286. The molecule has 0 aromatic heterocycles. The molecule has 0 heterocycles. The van der Waals surface area contributed by atoms with Crippen LogP contribution < -0.4 is 9.80 Å². The van der Waals surface area contributed by atoms with Gasteiger partial charge in [0.1, 0.15) is 0 Å². The summed E-state index contributed by atoms with van der Waals surface area (Å²) in [6.45, 7) is 12.3. The molecule has 0 fully saturated rings. The van der Waals surface area contributed by atoms with Crippen LogP contribution in [0.1, 0.15) is 20.8 Å². The lowest BCUT2D eigenvalue weighted by Gasteiger charge is -2.31. The van der Waals surface area contributed by atoms with Crippen molar-refractivity contribution in [3.8, 4) is 11.1 Å². The fourth-order valence-corrected chi connectivity index (χ4v) is 3.03. The van der Waals surface area contributed by atoms with Crippen molar-refractivity contribution in [3.05, 3.63) is 61.2 Å². The summed E-state index contributed by atoms with van der Waals surface area (Å²) in [6.07, 6.45) is 1.38. The van der Waals surface area contributed by atoms with Gasteiger partial charge in [-0.15, -0.1) is 0 Å². The zero-order valence-corrected chi connectivity index (χ0v) is 14.8. The zero-order chi connectivity index (χ0) is 17.5. The Morgan fingerprint density at radius 1 is 0.958 bits per heavy atom. The van der Waals surface area contributed by atoms with Crippen molar-refractivity contribution >= 4 is 17.3 Å². The van der Waals surface area contributed by atoms with Gasteiger partial charge in [-0.3, -0.25) is 4.79 Å². The van der Waals surface area contributed by atoms with E-state index in [2.05, 4.69) is 43.5 Å². The maximum Gasteiger partial charge on any atom is 0.250 e. The van der Waals surface area contributed by atoms with Crippen LogP contribution in [0.3, 0.4) is 0 Å². The van der Waals surface area contributed by atoms with Crippen molar-refractivity contribution in [3.63, 3.8) is 0 Å². The topological polar surface area (TPSA) is 23.6 Å². The van der Waals surface area contributed by atoms with E-state index in [1.54, 1.807) is 4.90 Å². The molecular weight excluding hydrogens is 296 g/mol. The number of hydrogen-bond acceptors (Lipinski definition) is 2. The van der Waals surface area contributed by atoms with Crippen LogP contribution in [0, 0.1) is 0 Å². The monoisotopic (exact) mass is 322 g/mol. The molecule has 0 aliphatic carbocycles. The van der Waals surface area contributed by atoms with Gasteiger partial charge >= 0.3 is 0 Å². The van der Waals surface area contributed by atoms with Gasteiger partial charge in [-0.05, 0) is 38.5 Å². The van der Waals surface area contributed by atoms with E-state index < -0.39 is 0 Å². The molecular formula is C21H26N2O. The maximum absolute atomic E-state index is 12.3. The number of amides is 1. The molecule has 0 radical (unpaired) electrons. The number of likely N-dealkylation sites (N-methyl/N-ethyl adjacent to an activating group) is 1. The average molecular weight is 322 g/mol. The Hall–Kier alpha value is -2.55. The standard InChI is InChI=1S/C21H26N2O/c1-5-20(24)23(8-4)19-16-12-15-18(17-13-10-9-11-14-17)21(19)22(6-2)7-3/h5,9-16H,1,6-8H2,2-4H3. The minimum atomic E-state index is -0.0730. The number of benzene rings is 2. The van der Waals surface area contributed by atoms with Crippen LogP contribution in [0.25, 0.3) is 11.1 Å². The summed E-state index contributed by atoms with van der Waals surface area (Å²) in [7, 11) is 0. The lowest BCUT2D eigenvalue weighted by Crippen LogP contribution is -2.32. The second kappa shape index (κ2) is 8.34. The highest BCUT2D eigenvalue weighted by atomic mass is 16.2. The molecule has 2 aromatic carbocycles. The van der Waals surface area contributed by atoms with Crippen molar-refractivity contribution < 1.29 is 4.79 Å². The van der Waals surface area contributed by atoms with Crippen LogP contribution in [0.5, 0.6) is 0 Å². The molecule has 0 saturated heterocycles. The second-order valence-electron chi connectivity index (χ2n) is 5.50. The van der Waals surface area contributed by atoms with Crippen LogP contribution in [-0.4, -0.2) is 25.5 Å². The summed E-state index contributed by atoms with van der Waals surface area (Å²) in [6, 6.07) is 16.5. The highest BCUT2D eigenvalue weighted by molar-refractivity contribution is 6.05. The Morgan fingerprint density at radius 2 is 1.62 bits per heavy atom. The SMILES string of the molecule is C=CC(=O)N(CC)c1cccc(-c2ccccc2)c1N(CC)CC. The Kier molecular flexibility index (Phi) is 6.19. The van der Waals surface area contributed by atoms with Gasteiger partial charge in [-0.25, -0.2) is 0 Å². The number of nitrogens with zero attached hydrogens (tertiary/aromatic N) is 2. The lowest BCUT2D eigenvalue weighted by atomic mass is 10.0. The van der Waals surface area contributed by atoms with Crippen LogP contribution in [0.2, 0.25) is 0 Å². The molecule has 2 rings (SSSR count). The van der Waals surface area contributed by atoms with E-state index in [9.17, 15) is 4.79 Å². The molecule has 0 atom stereocenters. The normalized spacial score (nSPS) is 10.3. The lowest BCUT2D eigenvalue weighted by molar-refractivity contribution is -0.114. The van der Waals surface area contributed by atoms with E-state index in [0.29, 0.717) is 6.54 Å². The Bertz CT molecular complexity index is 690. The first-order chi connectivity index (χ1) is 11.7. The maximum atomic E-state index is 12.3. The van der Waals surface area contributed by atoms with Crippen molar-refractivity contribution in [1.82, 2.24) is 0 Å². The highest BCUT2D eigenvalue weighted by Gasteiger charge is 2.21. The summed E-state index contributed by atoms with van der Waals surface area (Å²) in [5.74, 6) is -0.0730. The van der Waals surface area contributed by atoms with Gasteiger partial charge in [-0.1, -0.05) is 49.0 Å². The van der Waals surface area contributed by atoms with Crippen molar-refractivity contribution in [1.29, 1.82) is 0 Å². The molecule has 0 saturated carbocycles. The van der Waals surface area contributed by atoms with Crippen molar-refractivity contribution in [2.45, 2.75) is 20.8 Å². The first-order valence-corrected chi connectivity index (χ1v) is 8.55. The van der Waals surface area contributed by atoms with Gasteiger partial charge in [0.05, 0.1) is 11.4 Å². The van der Waals surface area contributed by atoms with Gasteiger partial charge in [0.2, 0.25) is 5.91 Å². The molecule has 2 aromatic rings. The number of rotatable bonds is 7. The third kappa shape index (κ3) is 3.51. The Labute approximate surface area is 145 Å². The number of para-hydroxylation sites is 1. The largest absolute Gasteiger partial charge is 0.370 e. The van der Waals surface area contributed by atoms with Crippen molar-refractivity contribution in [2.75, 3.05) is 29.4 Å². The number of carbonyl (C=O) groups is 1. The van der Waals surface area contributed by atoms with Crippen LogP contribution in [0.4, 0.5) is 11.4 Å². The second-order valence-corrected chi connectivity index (χ2v) is 5.50. The first-order valence-electron chi connectivity index (χ1n) is 8.55. The number of carbonyl (C=O) groups excluding carboxylic acids is 1. The fourth-order valence-electron chi connectivity index (χ4n) is 3.03. The van der Waals surface area contributed by atoms with Gasteiger partial charge < -0.3 is 9.80 Å². The van der Waals surface area contributed by atoms with Gasteiger partial charge in [0.25, 0.3) is 0 Å². The van der Waals surface area contributed by atoms with Gasteiger partial charge in [-0.2, -0.15) is 0 Å². The smallest absolute Gasteiger partial charge is 0.250 e. The van der Waals surface area contributed by atoms with Gasteiger partial charge in [0.15, 0.2) is 0 Å². The molecule has 0 aliphatic rings. The highest BCUT2D eigenvalue weighted by Crippen LogP contribution is 2.39. The van der Waals surface area contributed by atoms with Crippen molar-refractivity contribution in [2.24, 2.45) is 0 Å². The van der Waals surface area contributed by atoms with E-state index in [1.165, 1.54) is 6.08 Å². The van der Waals surface area contributed by atoms with Gasteiger partial charge in [0, 0.05) is 25.2 Å². The van der Waals surface area contributed by atoms with E-state index in [4.69, 9.17) is 0 Å². The molecule has 1 amide bonds. The Balaban J connectivity index is 2.71. The zero-order valence-electron chi connectivity index (χ0n) is 14.8. The predicted octanol–water partition coefficient (Wildman–Crippen LogP) is 4.74.